The Bertz CT molecular complexity index is 125. The molecule has 2 unspecified atom stereocenters. The number of hydrogen-bond acceptors (Lipinski definition) is 2. The minimum absolute atomic E-state index is 0.665. The topological polar surface area (TPSA) is 40.5 Å². The third-order valence-electron chi connectivity index (χ3n) is 2.63. The second-order valence-electron chi connectivity index (χ2n) is 4.27. The third kappa shape index (κ3) is 14.5. The van der Waals surface area contributed by atoms with Crippen molar-refractivity contribution < 1.29 is 10.2 Å². The normalized spacial score (nSPS) is 15.0. The minimum atomic E-state index is -0.665. The Balaban J connectivity index is 2.93. The monoisotopic (exact) mass is 270 g/mol. The molecule has 4 heteroatoms. The number of aliphatic hydroxyl groups excluding tert-OH is 2. The predicted molar refractivity (Wildman–Crippen MR) is 69.9 cm³/mol. The highest BCUT2D eigenvalue weighted by Gasteiger charge is 1.98. The molecule has 0 amide bonds. The van der Waals surface area contributed by atoms with Gasteiger partial charge in [-0.15, -0.1) is 0 Å². The lowest BCUT2D eigenvalue weighted by Crippen LogP contribution is -1.95. The van der Waals surface area contributed by atoms with Crippen LogP contribution >= 0.6 is 23.2 Å². The van der Waals surface area contributed by atoms with E-state index in [0.29, 0.717) is 12.8 Å². The fourth-order valence-corrected chi connectivity index (χ4v) is 1.99. The molecule has 0 aromatic rings. The summed E-state index contributed by atoms with van der Waals surface area (Å²) in [5.74, 6) is 0. The van der Waals surface area contributed by atoms with Crippen LogP contribution in [0.25, 0.3) is 0 Å². The van der Waals surface area contributed by atoms with Crippen molar-refractivity contribution in [2.24, 2.45) is 0 Å². The van der Waals surface area contributed by atoms with Gasteiger partial charge in [-0.05, 0) is 25.7 Å². The molecule has 0 aromatic carbocycles. The zero-order valence-corrected chi connectivity index (χ0v) is 11.4. The average Bonchev–Trinajstić information content (AvgIpc) is 2.20. The van der Waals surface area contributed by atoms with E-state index >= 15 is 0 Å². The molecule has 2 nitrogen and oxygen atoms in total. The zero-order valence-electron chi connectivity index (χ0n) is 9.88. The number of halogens is 2. The van der Waals surface area contributed by atoms with E-state index in [2.05, 4.69) is 0 Å². The quantitative estimate of drug-likeness (QED) is 0.440. The minimum Gasteiger partial charge on any atom is -0.378 e. The Labute approximate surface area is 109 Å². The molecule has 2 atom stereocenters. The van der Waals surface area contributed by atoms with Crippen LogP contribution in [0.2, 0.25) is 0 Å². The van der Waals surface area contributed by atoms with Crippen molar-refractivity contribution in [3.8, 4) is 0 Å². The van der Waals surface area contributed by atoms with E-state index in [-0.39, 0.29) is 0 Å². The van der Waals surface area contributed by atoms with Crippen molar-refractivity contribution in [2.45, 2.75) is 75.3 Å². The first-order valence-electron chi connectivity index (χ1n) is 6.27. The van der Waals surface area contributed by atoms with Crippen LogP contribution in [0.1, 0.15) is 64.2 Å². The van der Waals surface area contributed by atoms with Crippen LogP contribution < -0.4 is 0 Å². The van der Waals surface area contributed by atoms with Crippen LogP contribution in [0.15, 0.2) is 0 Å². The molecule has 0 saturated heterocycles. The molecule has 98 valence electrons. The van der Waals surface area contributed by atoms with E-state index in [9.17, 15) is 0 Å². The molecular weight excluding hydrogens is 247 g/mol. The van der Waals surface area contributed by atoms with E-state index < -0.39 is 11.1 Å². The number of aliphatic hydroxyl groups is 2. The standard InChI is InChI=1S/C12H24Cl2O2/c13-11(15)9-7-5-3-1-2-4-6-8-10-12(14)16/h11-12,15-16H,1-10H2. The molecule has 2 N–H and O–H groups in total. The number of unbranched alkanes of at least 4 members (excludes halogenated alkanes) is 7. The van der Waals surface area contributed by atoms with E-state index in [0.717, 1.165) is 25.7 Å². The van der Waals surface area contributed by atoms with E-state index in [1.807, 2.05) is 0 Å². The fraction of sp³-hybridized carbons (Fsp3) is 1.00. The first-order chi connectivity index (χ1) is 7.63. The lowest BCUT2D eigenvalue weighted by molar-refractivity contribution is 0.239. The van der Waals surface area contributed by atoms with Gasteiger partial charge in [0.2, 0.25) is 0 Å². The van der Waals surface area contributed by atoms with Crippen molar-refractivity contribution in [1.82, 2.24) is 0 Å². The predicted octanol–water partition coefficient (Wildman–Crippen LogP) is 4.00. The molecule has 0 bridgehead atoms. The Hall–Kier alpha value is 0.500. The fourth-order valence-electron chi connectivity index (χ4n) is 1.69. The van der Waals surface area contributed by atoms with E-state index in [4.69, 9.17) is 33.4 Å². The molecular formula is C12H24Cl2O2. The summed E-state index contributed by atoms with van der Waals surface area (Å²) in [5, 5.41) is 17.7. The summed E-state index contributed by atoms with van der Waals surface area (Å²) < 4.78 is 0. The second kappa shape index (κ2) is 12.0. The molecule has 0 rings (SSSR count). The highest BCUT2D eigenvalue weighted by molar-refractivity contribution is 6.19. The Morgan fingerprint density at radius 3 is 1.06 bits per heavy atom. The smallest absolute Gasteiger partial charge is 0.128 e. The van der Waals surface area contributed by atoms with Gasteiger partial charge in [-0.3, -0.25) is 0 Å². The van der Waals surface area contributed by atoms with Gasteiger partial charge in [0.25, 0.3) is 0 Å². The van der Waals surface area contributed by atoms with Crippen LogP contribution in [-0.4, -0.2) is 21.3 Å². The lowest BCUT2D eigenvalue weighted by Gasteiger charge is -2.04. The van der Waals surface area contributed by atoms with Crippen LogP contribution in [0, 0.1) is 0 Å². The first kappa shape index (κ1) is 16.5. The first-order valence-corrected chi connectivity index (χ1v) is 7.14. The van der Waals surface area contributed by atoms with Gasteiger partial charge in [0.1, 0.15) is 11.1 Å². The molecule has 0 aliphatic rings. The Kier molecular flexibility index (Phi) is 12.3. The summed E-state index contributed by atoms with van der Waals surface area (Å²) in [5.41, 5.74) is -1.33. The number of hydrogen-bond donors (Lipinski definition) is 2. The van der Waals surface area contributed by atoms with Gasteiger partial charge in [0, 0.05) is 0 Å². The average molecular weight is 271 g/mol. The number of rotatable bonds is 11. The van der Waals surface area contributed by atoms with E-state index in [1.165, 1.54) is 25.7 Å². The van der Waals surface area contributed by atoms with Crippen LogP contribution in [-0.2, 0) is 0 Å². The summed E-state index contributed by atoms with van der Waals surface area (Å²) in [6, 6.07) is 0. The van der Waals surface area contributed by atoms with Gasteiger partial charge >= 0.3 is 0 Å². The maximum Gasteiger partial charge on any atom is 0.128 e. The van der Waals surface area contributed by atoms with Gasteiger partial charge in [-0.1, -0.05) is 61.7 Å². The van der Waals surface area contributed by atoms with Crippen molar-refractivity contribution in [2.75, 3.05) is 0 Å². The molecule has 0 saturated carbocycles. The SMILES string of the molecule is OC(Cl)CCCCCCCCCCC(O)Cl. The maximum absolute atomic E-state index is 8.83. The molecule has 0 heterocycles. The highest BCUT2D eigenvalue weighted by atomic mass is 35.5. The van der Waals surface area contributed by atoms with Crippen LogP contribution in [0.5, 0.6) is 0 Å². The largest absolute Gasteiger partial charge is 0.378 e. The Morgan fingerprint density at radius 1 is 0.562 bits per heavy atom. The van der Waals surface area contributed by atoms with Crippen molar-refractivity contribution in [3.63, 3.8) is 0 Å². The van der Waals surface area contributed by atoms with Crippen LogP contribution in [0.3, 0.4) is 0 Å². The summed E-state index contributed by atoms with van der Waals surface area (Å²) >= 11 is 10.8. The lowest BCUT2D eigenvalue weighted by atomic mass is 10.1. The summed E-state index contributed by atoms with van der Waals surface area (Å²) in [7, 11) is 0. The summed E-state index contributed by atoms with van der Waals surface area (Å²) in [6.45, 7) is 0. The third-order valence-corrected chi connectivity index (χ3v) is 3.07. The zero-order chi connectivity index (χ0) is 12.2. The van der Waals surface area contributed by atoms with Gasteiger partial charge in [-0.2, -0.15) is 0 Å². The van der Waals surface area contributed by atoms with Crippen molar-refractivity contribution in [1.29, 1.82) is 0 Å². The van der Waals surface area contributed by atoms with Crippen molar-refractivity contribution >= 4 is 23.2 Å². The molecule has 16 heavy (non-hydrogen) atoms. The summed E-state index contributed by atoms with van der Waals surface area (Å²) in [4.78, 5) is 0. The molecule has 0 radical (unpaired) electrons. The molecule has 0 aromatic heterocycles. The molecule has 0 fully saturated rings. The van der Waals surface area contributed by atoms with Gasteiger partial charge in [0.05, 0.1) is 0 Å². The molecule has 0 aliphatic heterocycles. The van der Waals surface area contributed by atoms with Crippen LogP contribution in [0.4, 0.5) is 0 Å². The van der Waals surface area contributed by atoms with Gasteiger partial charge in [-0.25, -0.2) is 0 Å². The Morgan fingerprint density at radius 2 is 0.812 bits per heavy atom. The second-order valence-corrected chi connectivity index (χ2v) is 5.28. The van der Waals surface area contributed by atoms with Gasteiger partial charge < -0.3 is 10.2 Å². The maximum atomic E-state index is 8.83. The molecule has 0 aliphatic carbocycles. The van der Waals surface area contributed by atoms with E-state index in [1.54, 1.807) is 0 Å². The molecule has 0 spiro atoms. The van der Waals surface area contributed by atoms with Gasteiger partial charge in [0.15, 0.2) is 0 Å². The summed E-state index contributed by atoms with van der Waals surface area (Å²) in [6.07, 6.45) is 10.7. The van der Waals surface area contributed by atoms with Crippen molar-refractivity contribution in [3.05, 3.63) is 0 Å². The highest BCUT2D eigenvalue weighted by Crippen LogP contribution is 2.13. The number of alkyl halides is 2.